The maximum Gasteiger partial charge on any atom is 0.172 e. The fourth-order valence-electron chi connectivity index (χ4n) is 1.79. The van der Waals surface area contributed by atoms with Crippen LogP contribution in [0.1, 0.15) is 28.7 Å². The lowest BCUT2D eigenvalue weighted by Crippen LogP contribution is -2.07. The van der Waals surface area contributed by atoms with Crippen molar-refractivity contribution >= 4 is 6.29 Å². The second kappa shape index (κ2) is 5.40. The Bertz CT molecular complexity index is 558. The molecule has 4 nitrogen and oxygen atoms in total. The SMILES string of the molecule is C=C(C)Cn1nnc(C=O)c1Cc1ccccc1. The Morgan fingerprint density at radius 1 is 1.39 bits per heavy atom. The molecule has 0 N–H and O–H groups in total. The lowest BCUT2D eigenvalue weighted by atomic mass is 10.1. The number of carbonyl (C=O) groups excluding carboxylic acids is 1. The molecule has 0 fully saturated rings. The fraction of sp³-hybridized carbons (Fsp3) is 0.214. The Hall–Kier alpha value is -2.23. The van der Waals surface area contributed by atoms with Gasteiger partial charge in [0.15, 0.2) is 6.29 Å². The van der Waals surface area contributed by atoms with E-state index in [0.717, 1.165) is 23.1 Å². The van der Waals surface area contributed by atoms with E-state index in [1.54, 1.807) is 4.68 Å². The van der Waals surface area contributed by atoms with E-state index in [1.807, 2.05) is 37.3 Å². The number of carbonyl (C=O) groups is 1. The van der Waals surface area contributed by atoms with Crippen molar-refractivity contribution in [2.45, 2.75) is 19.9 Å². The molecule has 0 saturated carbocycles. The third kappa shape index (κ3) is 2.71. The summed E-state index contributed by atoms with van der Waals surface area (Å²) < 4.78 is 1.74. The van der Waals surface area contributed by atoms with Gasteiger partial charge >= 0.3 is 0 Å². The van der Waals surface area contributed by atoms with E-state index in [-0.39, 0.29) is 0 Å². The molecule has 1 aromatic carbocycles. The van der Waals surface area contributed by atoms with E-state index in [9.17, 15) is 4.79 Å². The number of aromatic nitrogens is 3. The van der Waals surface area contributed by atoms with Crippen molar-refractivity contribution in [3.63, 3.8) is 0 Å². The molecule has 0 amide bonds. The molecule has 18 heavy (non-hydrogen) atoms. The minimum atomic E-state index is 0.403. The first-order valence-electron chi connectivity index (χ1n) is 5.76. The molecule has 0 unspecified atom stereocenters. The van der Waals surface area contributed by atoms with Gasteiger partial charge in [0.25, 0.3) is 0 Å². The summed E-state index contributed by atoms with van der Waals surface area (Å²) in [5.74, 6) is 0. The highest BCUT2D eigenvalue weighted by molar-refractivity contribution is 5.73. The summed E-state index contributed by atoms with van der Waals surface area (Å²) in [4.78, 5) is 11.0. The molecular weight excluding hydrogens is 226 g/mol. The van der Waals surface area contributed by atoms with Crippen molar-refractivity contribution < 1.29 is 4.79 Å². The first-order valence-corrected chi connectivity index (χ1v) is 5.76. The van der Waals surface area contributed by atoms with Crippen LogP contribution in [-0.4, -0.2) is 21.3 Å². The van der Waals surface area contributed by atoms with Gasteiger partial charge in [0.1, 0.15) is 5.69 Å². The zero-order chi connectivity index (χ0) is 13.0. The van der Waals surface area contributed by atoms with Crippen LogP contribution >= 0.6 is 0 Å². The van der Waals surface area contributed by atoms with Crippen LogP contribution in [0.5, 0.6) is 0 Å². The summed E-state index contributed by atoms with van der Waals surface area (Å²) in [5.41, 5.74) is 3.34. The average molecular weight is 241 g/mol. The van der Waals surface area contributed by atoms with E-state index in [4.69, 9.17) is 0 Å². The largest absolute Gasteiger partial charge is 0.296 e. The van der Waals surface area contributed by atoms with Gasteiger partial charge in [0, 0.05) is 6.42 Å². The van der Waals surface area contributed by atoms with E-state index < -0.39 is 0 Å². The number of rotatable bonds is 5. The van der Waals surface area contributed by atoms with Crippen LogP contribution in [0.15, 0.2) is 42.5 Å². The van der Waals surface area contributed by atoms with Gasteiger partial charge < -0.3 is 0 Å². The Morgan fingerprint density at radius 2 is 2.11 bits per heavy atom. The molecule has 0 saturated heterocycles. The highest BCUT2D eigenvalue weighted by atomic mass is 16.1. The van der Waals surface area contributed by atoms with Crippen LogP contribution in [0, 0.1) is 0 Å². The van der Waals surface area contributed by atoms with E-state index in [2.05, 4.69) is 16.9 Å². The monoisotopic (exact) mass is 241 g/mol. The van der Waals surface area contributed by atoms with Crippen molar-refractivity contribution in [3.8, 4) is 0 Å². The first kappa shape index (κ1) is 12.2. The maximum absolute atomic E-state index is 11.0. The molecule has 92 valence electrons. The summed E-state index contributed by atoms with van der Waals surface area (Å²) in [6.07, 6.45) is 1.40. The van der Waals surface area contributed by atoms with Gasteiger partial charge in [0.2, 0.25) is 0 Å². The molecule has 0 aliphatic carbocycles. The van der Waals surface area contributed by atoms with Crippen molar-refractivity contribution in [2.75, 3.05) is 0 Å². The molecular formula is C14H15N3O. The molecule has 0 aliphatic rings. The van der Waals surface area contributed by atoms with Crippen molar-refractivity contribution in [2.24, 2.45) is 0 Å². The smallest absolute Gasteiger partial charge is 0.172 e. The van der Waals surface area contributed by atoms with Crippen molar-refractivity contribution in [3.05, 3.63) is 59.4 Å². The van der Waals surface area contributed by atoms with E-state index in [1.165, 1.54) is 0 Å². The van der Waals surface area contributed by atoms with E-state index >= 15 is 0 Å². The average Bonchev–Trinajstić information content (AvgIpc) is 2.72. The second-order valence-corrected chi connectivity index (χ2v) is 4.32. The maximum atomic E-state index is 11.0. The van der Waals surface area contributed by atoms with Crippen LogP contribution in [0.25, 0.3) is 0 Å². The highest BCUT2D eigenvalue weighted by Gasteiger charge is 2.12. The van der Waals surface area contributed by atoms with Gasteiger partial charge in [-0.15, -0.1) is 5.10 Å². The topological polar surface area (TPSA) is 47.8 Å². The molecule has 1 aromatic heterocycles. The van der Waals surface area contributed by atoms with Crippen LogP contribution in [0.3, 0.4) is 0 Å². The predicted octanol–water partition coefficient (Wildman–Crippen LogP) is 2.26. The normalized spacial score (nSPS) is 10.3. The number of allylic oxidation sites excluding steroid dienone is 1. The molecule has 2 rings (SSSR count). The Labute approximate surface area is 106 Å². The molecule has 4 heteroatoms. The number of benzene rings is 1. The summed E-state index contributed by atoms with van der Waals surface area (Å²) in [6, 6.07) is 9.96. The quantitative estimate of drug-likeness (QED) is 0.596. The zero-order valence-corrected chi connectivity index (χ0v) is 10.3. The molecule has 0 spiro atoms. The summed E-state index contributed by atoms with van der Waals surface area (Å²) >= 11 is 0. The second-order valence-electron chi connectivity index (χ2n) is 4.32. The first-order chi connectivity index (χ1) is 8.70. The van der Waals surface area contributed by atoms with Crippen LogP contribution in [0.2, 0.25) is 0 Å². The van der Waals surface area contributed by atoms with Crippen LogP contribution in [0.4, 0.5) is 0 Å². The number of nitrogens with zero attached hydrogens (tertiary/aromatic N) is 3. The number of hydrogen-bond acceptors (Lipinski definition) is 3. The van der Waals surface area contributed by atoms with Crippen molar-refractivity contribution in [1.29, 1.82) is 0 Å². The van der Waals surface area contributed by atoms with Crippen molar-refractivity contribution in [1.82, 2.24) is 15.0 Å². The molecule has 0 atom stereocenters. The highest BCUT2D eigenvalue weighted by Crippen LogP contribution is 2.12. The van der Waals surface area contributed by atoms with Gasteiger partial charge in [-0.2, -0.15) is 0 Å². The minimum absolute atomic E-state index is 0.403. The minimum Gasteiger partial charge on any atom is -0.296 e. The summed E-state index contributed by atoms with van der Waals surface area (Å²) in [5, 5.41) is 7.89. The van der Waals surface area contributed by atoms with Crippen LogP contribution < -0.4 is 0 Å². The standard InChI is InChI=1S/C14H15N3O/c1-11(2)9-17-14(13(10-18)15-16-17)8-12-6-4-3-5-7-12/h3-7,10H,1,8-9H2,2H3. The lowest BCUT2D eigenvalue weighted by Gasteiger charge is -2.06. The Morgan fingerprint density at radius 3 is 2.72 bits per heavy atom. The van der Waals surface area contributed by atoms with Gasteiger partial charge in [-0.1, -0.05) is 47.7 Å². The van der Waals surface area contributed by atoms with E-state index in [0.29, 0.717) is 18.7 Å². The predicted molar refractivity (Wildman–Crippen MR) is 69.5 cm³/mol. The van der Waals surface area contributed by atoms with Crippen LogP contribution in [-0.2, 0) is 13.0 Å². The third-order valence-electron chi connectivity index (χ3n) is 2.61. The number of aldehydes is 1. The molecule has 2 aromatic rings. The molecule has 0 bridgehead atoms. The molecule has 0 aliphatic heterocycles. The van der Waals surface area contributed by atoms with Gasteiger partial charge in [-0.05, 0) is 12.5 Å². The summed E-state index contributed by atoms with van der Waals surface area (Å²) in [6.45, 7) is 6.37. The lowest BCUT2D eigenvalue weighted by molar-refractivity contribution is 0.111. The fourth-order valence-corrected chi connectivity index (χ4v) is 1.79. The summed E-state index contributed by atoms with van der Waals surface area (Å²) in [7, 11) is 0. The Kier molecular flexibility index (Phi) is 3.67. The van der Waals surface area contributed by atoms with Gasteiger partial charge in [-0.3, -0.25) is 4.79 Å². The number of hydrogen-bond donors (Lipinski definition) is 0. The third-order valence-corrected chi connectivity index (χ3v) is 2.61. The van der Waals surface area contributed by atoms with Gasteiger partial charge in [-0.25, -0.2) is 4.68 Å². The Balaban J connectivity index is 2.32. The molecule has 0 radical (unpaired) electrons. The van der Waals surface area contributed by atoms with Gasteiger partial charge in [0.05, 0.1) is 12.2 Å². The zero-order valence-electron chi connectivity index (χ0n) is 10.3. The molecule has 1 heterocycles.